The molecule has 30 heavy (non-hydrogen) atoms. The maximum Gasteiger partial charge on any atom is 0.251 e. The van der Waals surface area contributed by atoms with Gasteiger partial charge in [-0.1, -0.05) is 42.5 Å². The lowest BCUT2D eigenvalue weighted by atomic mass is 10.1. The molecule has 0 aliphatic carbocycles. The number of benzene rings is 3. The Morgan fingerprint density at radius 1 is 0.967 bits per heavy atom. The average Bonchev–Trinajstić information content (AvgIpc) is 2.72. The van der Waals surface area contributed by atoms with Gasteiger partial charge in [0.25, 0.3) is 5.91 Å². The summed E-state index contributed by atoms with van der Waals surface area (Å²) < 4.78 is 38.8. The minimum absolute atomic E-state index is 0.163. The second-order valence-electron chi connectivity index (χ2n) is 7.05. The van der Waals surface area contributed by atoms with Gasteiger partial charge in [-0.05, 0) is 54.4 Å². The largest absolute Gasteiger partial charge is 0.346 e. The summed E-state index contributed by atoms with van der Waals surface area (Å²) in [4.78, 5) is 12.5. The second kappa shape index (κ2) is 9.09. The van der Waals surface area contributed by atoms with Gasteiger partial charge >= 0.3 is 0 Å². The lowest BCUT2D eigenvalue weighted by Crippen LogP contribution is -2.29. The predicted molar refractivity (Wildman–Crippen MR) is 116 cm³/mol. The van der Waals surface area contributed by atoms with Crippen LogP contribution < -0.4 is 9.62 Å². The summed E-state index contributed by atoms with van der Waals surface area (Å²) in [6.07, 6.45) is 1.17. The Kier molecular flexibility index (Phi) is 6.52. The highest BCUT2D eigenvalue weighted by atomic mass is 32.2. The molecule has 1 unspecified atom stereocenters. The van der Waals surface area contributed by atoms with Crippen LogP contribution in [0.15, 0.2) is 78.9 Å². The van der Waals surface area contributed by atoms with Crippen LogP contribution in [0.4, 0.5) is 10.1 Å². The maximum atomic E-state index is 13.1. The van der Waals surface area contributed by atoms with Crippen molar-refractivity contribution < 1.29 is 17.6 Å². The summed E-state index contributed by atoms with van der Waals surface area (Å²) in [6, 6.07) is 21.3. The molecule has 3 rings (SSSR count). The van der Waals surface area contributed by atoms with Crippen LogP contribution in [0.2, 0.25) is 0 Å². The SMILES string of the molecule is CC(NC(=O)c1ccc(CN(c2ccccc2)S(C)(=O)=O)cc1)c1ccc(F)cc1. The minimum Gasteiger partial charge on any atom is -0.346 e. The van der Waals surface area contributed by atoms with Crippen molar-refractivity contribution in [1.82, 2.24) is 5.32 Å². The third-order valence-corrected chi connectivity index (χ3v) is 5.85. The van der Waals surface area contributed by atoms with Gasteiger partial charge < -0.3 is 5.32 Å². The average molecular weight is 427 g/mol. The maximum absolute atomic E-state index is 13.1. The Morgan fingerprint density at radius 3 is 2.13 bits per heavy atom. The van der Waals surface area contributed by atoms with Gasteiger partial charge in [0.1, 0.15) is 5.82 Å². The third kappa shape index (κ3) is 5.45. The topological polar surface area (TPSA) is 66.5 Å². The van der Waals surface area contributed by atoms with Gasteiger partial charge in [-0.2, -0.15) is 0 Å². The second-order valence-corrected chi connectivity index (χ2v) is 8.96. The monoisotopic (exact) mass is 426 g/mol. The smallest absolute Gasteiger partial charge is 0.251 e. The molecule has 0 saturated heterocycles. The zero-order valence-electron chi connectivity index (χ0n) is 16.7. The van der Waals surface area contributed by atoms with Gasteiger partial charge in [0, 0.05) is 5.56 Å². The summed E-state index contributed by atoms with van der Waals surface area (Å²) in [5.74, 6) is -0.590. The number of amides is 1. The van der Waals surface area contributed by atoms with Crippen molar-refractivity contribution >= 4 is 21.6 Å². The Labute approximate surface area is 176 Å². The Hall–Kier alpha value is -3.19. The fourth-order valence-corrected chi connectivity index (χ4v) is 3.92. The highest BCUT2D eigenvalue weighted by Crippen LogP contribution is 2.20. The van der Waals surface area contributed by atoms with E-state index in [1.54, 1.807) is 60.7 Å². The van der Waals surface area contributed by atoms with Crippen LogP contribution in [0.1, 0.15) is 34.5 Å². The van der Waals surface area contributed by atoms with Crippen LogP contribution in [0.3, 0.4) is 0 Å². The van der Waals surface area contributed by atoms with Crippen LogP contribution >= 0.6 is 0 Å². The molecular formula is C23H23FN2O3S. The fourth-order valence-electron chi connectivity index (χ4n) is 3.04. The van der Waals surface area contributed by atoms with Crippen molar-refractivity contribution in [3.63, 3.8) is 0 Å². The molecule has 1 amide bonds. The lowest BCUT2D eigenvalue weighted by molar-refractivity contribution is 0.0940. The van der Waals surface area contributed by atoms with E-state index in [4.69, 9.17) is 0 Å². The molecule has 0 aliphatic rings. The molecule has 5 nitrogen and oxygen atoms in total. The van der Waals surface area contributed by atoms with Gasteiger partial charge in [0.05, 0.1) is 24.5 Å². The Balaban J connectivity index is 1.70. The van der Waals surface area contributed by atoms with E-state index in [1.807, 2.05) is 13.0 Å². The number of nitrogens with zero attached hydrogens (tertiary/aromatic N) is 1. The first-order valence-electron chi connectivity index (χ1n) is 9.42. The van der Waals surface area contributed by atoms with Crippen molar-refractivity contribution in [2.75, 3.05) is 10.6 Å². The quantitative estimate of drug-likeness (QED) is 0.613. The number of anilines is 1. The Morgan fingerprint density at radius 2 is 1.57 bits per heavy atom. The lowest BCUT2D eigenvalue weighted by Gasteiger charge is -2.22. The van der Waals surface area contributed by atoms with Crippen molar-refractivity contribution in [2.45, 2.75) is 19.5 Å². The molecule has 0 heterocycles. The molecule has 0 aliphatic heterocycles. The van der Waals surface area contributed by atoms with Crippen molar-refractivity contribution in [3.05, 3.63) is 101 Å². The van der Waals surface area contributed by atoms with E-state index in [9.17, 15) is 17.6 Å². The van der Waals surface area contributed by atoms with Crippen molar-refractivity contribution in [1.29, 1.82) is 0 Å². The molecule has 0 fully saturated rings. The molecular weight excluding hydrogens is 403 g/mol. The number of carbonyl (C=O) groups is 1. The zero-order chi connectivity index (χ0) is 21.7. The standard InChI is InChI=1S/C23H23FN2O3S/c1-17(19-12-14-21(24)15-13-19)25-23(27)20-10-8-18(9-11-20)16-26(30(2,28)29)22-6-4-3-5-7-22/h3-15,17H,16H2,1-2H3,(H,25,27). The molecule has 3 aromatic carbocycles. The van der Waals surface area contributed by atoms with Gasteiger partial charge in [-0.25, -0.2) is 12.8 Å². The van der Waals surface area contributed by atoms with Gasteiger partial charge in [0.15, 0.2) is 0 Å². The first-order chi connectivity index (χ1) is 14.2. The Bertz CT molecular complexity index is 1100. The van der Waals surface area contributed by atoms with Crippen LogP contribution in [0.25, 0.3) is 0 Å². The highest BCUT2D eigenvalue weighted by Gasteiger charge is 2.18. The van der Waals surface area contributed by atoms with E-state index in [1.165, 1.54) is 22.7 Å². The molecule has 0 radical (unpaired) electrons. The minimum atomic E-state index is -3.46. The van der Waals surface area contributed by atoms with Gasteiger partial charge in [-0.15, -0.1) is 0 Å². The van der Waals surface area contributed by atoms with Crippen LogP contribution in [0.5, 0.6) is 0 Å². The first kappa shape index (κ1) is 21.5. The molecule has 156 valence electrons. The number of hydrogen-bond acceptors (Lipinski definition) is 3. The number of nitrogens with one attached hydrogen (secondary N) is 1. The van der Waals surface area contributed by atoms with E-state index in [0.29, 0.717) is 11.3 Å². The first-order valence-corrected chi connectivity index (χ1v) is 11.3. The molecule has 3 aromatic rings. The van der Waals surface area contributed by atoms with Crippen molar-refractivity contribution in [2.24, 2.45) is 0 Å². The van der Waals surface area contributed by atoms with Crippen LogP contribution in [0, 0.1) is 5.82 Å². The van der Waals surface area contributed by atoms with Crippen LogP contribution in [-0.4, -0.2) is 20.6 Å². The molecule has 0 aromatic heterocycles. The van der Waals surface area contributed by atoms with E-state index in [2.05, 4.69) is 5.32 Å². The highest BCUT2D eigenvalue weighted by molar-refractivity contribution is 7.92. The number of sulfonamides is 1. The summed E-state index contributed by atoms with van der Waals surface area (Å²) in [7, 11) is -3.46. The van der Waals surface area contributed by atoms with Gasteiger partial charge in [-0.3, -0.25) is 9.10 Å². The zero-order valence-corrected chi connectivity index (χ0v) is 17.6. The van der Waals surface area contributed by atoms with Gasteiger partial charge in [0.2, 0.25) is 10.0 Å². The summed E-state index contributed by atoms with van der Waals surface area (Å²) in [5, 5.41) is 2.87. The van der Waals surface area contributed by atoms with E-state index < -0.39 is 10.0 Å². The molecule has 0 saturated carbocycles. The number of hydrogen-bond donors (Lipinski definition) is 1. The molecule has 0 bridgehead atoms. The van der Waals surface area contributed by atoms with Crippen molar-refractivity contribution in [3.8, 4) is 0 Å². The normalized spacial score (nSPS) is 12.2. The molecule has 1 atom stereocenters. The molecule has 7 heteroatoms. The summed E-state index contributed by atoms with van der Waals surface area (Å²) >= 11 is 0. The van der Waals surface area contributed by atoms with E-state index >= 15 is 0 Å². The van der Waals surface area contributed by atoms with Crippen LogP contribution in [-0.2, 0) is 16.6 Å². The number of para-hydroxylation sites is 1. The number of halogens is 1. The molecule has 1 N–H and O–H groups in total. The summed E-state index contributed by atoms with van der Waals surface area (Å²) in [5.41, 5.74) is 2.59. The number of rotatable bonds is 7. The fraction of sp³-hybridized carbons (Fsp3) is 0.174. The predicted octanol–water partition coefficient (Wildman–Crippen LogP) is 4.28. The third-order valence-electron chi connectivity index (χ3n) is 4.70. The van der Waals surface area contributed by atoms with E-state index in [-0.39, 0.29) is 24.3 Å². The summed E-state index contributed by atoms with van der Waals surface area (Å²) in [6.45, 7) is 1.99. The van der Waals surface area contributed by atoms with E-state index in [0.717, 1.165) is 11.1 Å². The molecule has 0 spiro atoms. The number of carbonyl (C=O) groups excluding carboxylic acids is 1.